The van der Waals surface area contributed by atoms with Crippen LogP contribution in [0.1, 0.15) is 12.5 Å². The number of rotatable bonds is 3. The van der Waals surface area contributed by atoms with Gasteiger partial charge in [-0.1, -0.05) is 35.9 Å². The zero-order valence-electron chi connectivity index (χ0n) is 11.8. The van der Waals surface area contributed by atoms with Crippen LogP contribution in [0.15, 0.2) is 48.5 Å². The van der Waals surface area contributed by atoms with Crippen molar-refractivity contribution < 1.29 is 9.53 Å². The van der Waals surface area contributed by atoms with Crippen LogP contribution in [0, 0.1) is 0 Å². The molecule has 0 radical (unpaired) electrons. The number of halogens is 1. The van der Waals surface area contributed by atoms with Crippen LogP contribution in [-0.2, 0) is 11.2 Å². The van der Waals surface area contributed by atoms with Gasteiger partial charge in [-0.25, -0.2) is 0 Å². The standard InChI is InChI=1S/C17H16ClNO2/c1-12-9-13-5-2-3-8-16(13)19(12)17(20)11-21-15-7-4-6-14(18)10-15/h2-8,10,12H,9,11H2,1H3. The molecule has 1 heterocycles. The van der Waals surface area contributed by atoms with E-state index in [1.165, 1.54) is 5.56 Å². The van der Waals surface area contributed by atoms with Gasteiger partial charge >= 0.3 is 0 Å². The predicted octanol–water partition coefficient (Wildman–Crippen LogP) is 3.70. The van der Waals surface area contributed by atoms with E-state index >= 15 is 0 Å². The molecule has 1 atom stereocenters. The minimum absolute atomic E-state index is 0.0129. The Bertz CT molecular complexity index is 671. The number of carbonyl (C=O) groups is 1. The van der Waals surface area contributed by atoms with E-state index < -0.39 is 0 Å². The SMILES string of the molecule is CC1Cc2ccccc2N1C(=O)COc1cccc(Cl)c1. The molecule has 1 aliphatic rings. The molecule has 0 saturated heterocycles. The summed E-state index contributed by atoms with van der Waals surface area (Å²) >= 11 is 5.90. The molecule has 2 aromatic rings. The summed E-state index contributed by atoms with van der Waals surface area (Å²) in [5.41, 5.74) is 2.20. The summed E-state index contributed by atoms with van der Waals surface area (Å²) in [6.45, 7) is 2.07. The number of benzene rings is 2. The average molecular weight is 302 g/mol. The number of ether oxygens (including phenoxy) is 1. The minimum atomic E-state index is -0.0348. The van der Waals surface area contributed by atoms with E-state index in [-0.39, 0.29) is 18.6 Å². The Labute approximate surface area is 129 Å². The molecule has 1 aliphatic heterocycles. The molecule has 0 aliphatic carbocycles. The Morgan fingerprint density at radius 1 is 1.29 bits per heavy atom. The van der Waals surface area contributed by atoms with Crippen LogP contribution in [0.2, 0.25) is 5.02 Å². The molecule has 0 spiro atoms. The van der Waals surface area contributed by atoms with Gasteiger partial charge in [0.05, 0.1) is 0 Å². The zero-order valence-corrected chi connectivity index (χ0v) is 12.5. The Balaban J connectivity index is 1.71. The third kappa shape index (κ3) is 2.88. The summed E-state index contributed by atoms with van der Waals surface area (Å²) in [5.74, 6) is 0.573. The van der Waals surface area contributed by atoms with Crippen LogP contribution in [0.5, 0.6) is 5.75 Å². The molecule has 1 amide bonds. The Morgan fingerprint density at radius 2 is 2.10 bits per heavy atom. The largest absolute Gasteiger partial charge is 0.484 e. The van der Waals surface area contributed by atoms with E-state index in [4.69, 9.17) is 16.3 Å². The molecule has 4 heteroatoms. The maximum atomic E-state index is 12.4. The lowest BCUT2D eigenvalue weighted by Gasteiger charge is -2.22. The number of amides is 1. The lowest BCUT2D eigenvalue weighted by Crippen LogP contribution is -2.39. The van der Waals surface area contributed by atoms with Crippen molar-refractivity contribution in [3.05, 3.63) is 59.1 Å². The zero-order chi connectivity index (χ0) is 14.8. The average Bonchev–Trinajstić information content (AvgIpc) is 2.81. The van der Waals surface area contributed by atoms with Crippen molar-refractivity contribution >= 4 is 23.2 Å². The van der Waals surface area contributed by atoms with Gasteiger partial charge in [0.1, 0.15) is 5.75 Å². The van der Waals surface area contributed by atoms with Gasteiger partial charge in [0.25, 0.3) is 5.91 Å². The quantitative estimate of drug-likeness (QED) is 0.865. The van der Waals surface area contributed by atoms with Crippen molar-refractivity contribution in [2.75, 3.05) is 11.5 Å². The van der Waals surface area contributed by atoms with Crippen LogP contribution >= 0.6 is 11.6 Å². The maximum Gasteiger partial charge on any atom is 0.265 e. The molecular formula is C17H16ClNO2. The number of nitrogens with zero attached hydrogens (tertiary/aromatic N) is 1. The molecule has 0 saturated carbocycles. The van der Waals surface area contributed by atoms with Crippen LogP contribution in [0.3, 0.4) is 0 Å². The fourth-order valence-corrected chi connectivity index (χ4v) is 2.90. The number of carbonyl (C=O) groups excluding carboxylic acids is 1. The van der Waals surface area contributed by atoms with Gasteiger partial charge < -0.3 is 9.64 Å². The second-order valence-electron chi connectivity index (χ2n) is 5.19. The van der Waals surface area contributed by atoms with Crippen molar-refractivity contribution in [2.45, 2.75) is 19.4 Å². The molecule has 0 bridgehead atoms. The Kier molecular flexibility index (Phi) is 3.84. The van der Waals surface area contributed by atoms with Crippen LogP contribution in [0.25, 0.3) is 0 Å². The van der Waals surface area contributed by atoms with E-state index in [0.717, 1.165) is 12.1 Å². The highest BCUT2D eigenvalue weighted by Gasteiger charge is 2.30. The van der Waals surface area contributed by atoms with Crippen molar-refractivity contribution in [1.29, 1.82) is 0 Å². The first kappa shape index (κ1) is 14.0. The van der Waals surface area contributed by atoms with Gasteiger partial charge in [-0.05, 0) is 43.2 Å². The van der Waals surface area contributed by atoms with Gasteiger partial charge in [0.15, 0.2) is 6.61 Å². The molecule has 1 unspecified atom stereocenters. The van der Waals surface area contributed by atoms with Crippen LogP contribution < -0.4 is 9.64 Å². The van der Waals surface area contributed by atoms with Gasteiger partial charge in [-0.3, -0.25) is 4.79 Å². The normalized spacial score (nSPS) is 16.7. The van der Waals surface area contributed by atoms with E-state index in [1.54, 1.807) is 24.3 Å². The number of para-hydroxylation sites is 1. The summed E-state index contributed by atoms with van der Waals surface area (Å²) in [6, 6.07) is 15.2. The van der Waals surface area contributed by atoms with E-state index in [2.05, 4.69) is 13.0 Å². The summed E-state index contributed by atoms with van der Waals surface area (Å²) in [7, 11) is 0. The molecule has 0 fully saturated rings. The van der Waals surface area contributed by atoms with E-state index in [9.17, 15) is 4.79 Å². The summed E-state index contributed by atoms with van der Waals surface area (Å²) in [4.78, 5) is 14.3. The lowest BCUT2D eigenvalue weighted by atomic mass is 10.1. The second kappa shape index (κ2) is 5.78. The number of hydrogen-bond acceptors (Lipinski definition) is 2. The monoisotopic (exact) mass is 301 g/mol. The van der Waals surface area contributed by atoms with Gasteiger partial charge in [0, 0.05) is 16.8 Å². The fraction of sp³-hybridized carbons (Fsp3) is 0.235. The first-order valence-corrected chi connectivity index (χ1v) is 7.31. The first-order chi connectivity index (χ1) is 10.1. The third-order valence-electron chi connectivity index (χ3n) is 3.63. The Morgan fingerprint density at radius 3 is 2.90 bits per heavy atom. The van der Waals surface area contributed by atoms with Gasteiger partial charge in [0.2, 0.25) is 0 Å². The van der Waals surface area contributed by atoms with Crippen molar-refractivity contribution in [3.8, 4) is 5.75 Å². The van der Waals surface area contributed by atoms with Crippen LogP contribution in [-0.4, -0.2) is 18.6 Å². The highest BCUT2D eigenvalue weighted by molar-refractivity contribution is 6.30. The third-order valence-corrected chi connectivity index (χ3v) is 3.87. The lowest BCUT2D eigenvalue weighted by molar-refractivity contribution is -0.120. The van der Waals surface area contributed by atoms with E-state index in [0.29, 0.717) is 10.8 Å². The molecule has 108 valence electrons. The highest BCUT2D eigenvalue weighted by Crippen LogP contribution is 2.31. The summed E-state index contributed by atoms with van der Waals surface area (Å²) in [5, 5.41) is 0.597. The smallest absolute Gasteiger partial charge is 0.265 e. The fourth-order valence-electron chi connectivity index (χ4n) is 2.72. The van der Waals surface area contributed by atoms with E-state index in [1.807, 2.05) is 23.1 Å². The number of fused-ring (bicyclic) bond motifs is 1. The summed E-state index contributed by atoms with van der Waals surface area (Å²) in [6.07, 6.45) is 0.888. The predicted molar refractivity (Wildman–Crippen MR) is 84.0 cm³/mol. The number of anilines is 1. The van der Waals surface area contributed by atoms with Crippen molar-refractivity contribution in [1.82, 2.24) is 0 Å². The molecule has 2 aromatic carbocycles. The Hall–Kier alpha value is -2.00. The molecular weight excluding hydrogens is 286 g/mol. The molecule has 3 rings (SSSR count). The number of hydrogen-bond donors (Lipinski definition) is 0. The minimum Gasteiger partial charge on any atom is -0.484 e. The summed E-state index contributed by atoms with van der Waals surface area (Å²) < 4.78 is 5.55. The van der Waals surface area contributed by atoms with Crippen LogP contribution in [0.4, 0.5) is 5.69 Å². The molecule has 3 nitrogen and oxygen atoms in total. The maximum absolute atomic E-state index is 12.4. The highest BCUT2D eigenvalue weighted by atomic mass is 35.5. The molecule has 21 heavy (non-hydrogen) atoms. The topological polar surface area (TPSA) is 29.5 Å². The second-order valence-corrected chi connectivity index (χ2v) is 5.63. The molecule has 0 N–H and O–H groups in total. The first-order valence-electron chi connectivity index (χ1n) is 6.93. The van der Waals surface area contributed by atoms with Gasteiger partial charge in [-0.15, -0.1) is 0 Å². The van der Waals surface area contributed by atoms with Gasteiger partial charge in [-0.2, -0.15) is 0 Å². The van der Waals surface area contributed by atoms with Crippen molar-refractivity contribution in [3.63, 3.8) is 0 Å². The molecule has 0 aromatic heterocycles. The van der Waals surface area contributed by atoms with Crippen molar-refractivity contribution in [2.24, 2.45) is 0 Å².